The Kier molecular flexibility index (Phi) is 2.73. The molecule has 2 bridgehead atoms. The Hall–Kier alpha value is 1.10. The van der Waals surface area contributed by atoms with E-state index in [-0.39, 0.29) is 0 Å². The fourth-order valence-electron chi connectivity index (χ4n) is 1.93. The summed E-state index contributed by atoms with van der Waals surface area (Å²) in [7, 11) is 0. The van der Waals surface area contributed by atoms with Crippen molar-refractivity contribution in [3.05, 3.63) is 0 Å². The summed E-state index contributed by atoms with van der Waals surface area (Å²) in [6, 6.07) is 0. The molecule has 0 aliphatic carbocycles. The van der Waals surface area contributed by atoms with E-state index in [0.717, 1.165) is 24.6 Å². The van der Waals surface area contributed by atoms with E-state index in [1.807, 2.05) is 0 Å². The molecule has 2 rings (SSSR count). The molecular weight excluding hydrogens is 246 g/mol. The summed E-state index contributed by atoms with van der Waals surface area (Å²) in [5.41, 5.74) is 0. The first-order valence-electron chi connectivity index (χ1n) is 4.22. The average Bonchev–Trinajstić information content (AvgIpc) is 2.31. The third kappa shape index (κ3) is 1.58. The third-order valence-corrected chi connectivity index (χ3v) is 8.24. The van der Waals surface area contributed by atoms with Gasteiger partial charge in [-0.25, -0.2) is 0 Å². The van der Waals surface area contributed by atoms with Crippen molar-refractivity contribution in [3.8, 4) is 0 Å². The van der Waals surface area contributed by atoms with E-state index in [1.54, 1.807) is 0 Å². The average molecular weight is 258 g/mol. The fourth-order valence-corrected chi connectivity index (χ4v) is 7.09. The van der Waals surface area contributed by atoms with Gasteiger partial charge in [-0.2, -0.15) is 0 Å². The molecular formula is C8H12Cl2Se. The van der Waals surface area contributed by atoms with Crippen LogP contribution in [0.5, 0.6) is 0 Å². The molecule has 0 radical (unpaired) electrons. The Balaban J connectivity index is 2.10. The quantitative estimate of drug-likeness (QED) is 0.462. The van der Waals surface area contributed by atoms with Crippen LogP contribution < -0.4 is 0 Å². The molecule has 64 valence electrons. The van der Waals surface area contributed by atoms with Crippen LogP contribution in [0.2, 0.25) is 9.63 Å². The van der Waals surface area contributed by atoms with Crippen molar-refractivity contribution in [2.45, 2.75) is 46.1 Å². The minimum absolute atomic E-state index is 0.293. The molecule has 3 heteroatoms. The fraction of sp³-hybridized carbons (Fsp3) is 1.00. The normalized spacial score (nSPS) is 50.7. The van der Waals surface area contributed by atoms with Gasteiger partial charge in [0, 0.05) is 0 Å². The van der Waals surface area contributed by atoms with Gasteiger partial charge in [0.05, 0.1) is 0 Å². The second-order valence-corrected chi connectivity index (χ2v) is 7.51. The van der Waals surface area contributed by atoms with Crippen LogP contribution in [-0.2, 0) is 0 Å². The van der Waals surface area contributed by atoms with Gasteiger partial charge in [-0.3, -0.25) is 0 Å². The number of alkyl halides is 2. The standard InChI is InChI=1S/C8H12Cl2Se/c9-7-5-3-1-2-4-6(11-5)8(7)10/h5-8H,1-4H2. The third-order valence-electron chi connectivity index (χ3n) is 2.59. The Morgan fingerprint density at radius 3 is 1.82 bits per heavy atom. The van der Waals surface area contributed by atoms with Crippen LogP contribution in [0.25, 0.3) is 0 Å². The molecule has 0 aromatic heterocycles. The van der Waals surface area contributed by atoms with Gasteiger partial charge in [0.2, 0.25) is 0 Å². The molecule has 4 atom stereocenters. The minimum atomic E-state index is 0.293. The Bertz CT molecular complexity index is 135. The molecule has 0 aromatic carbocycles. The van der Waals surface area contributed by atoms with Gasteiger partial charge in [-0.1, -0.05) is 0 Å². The van der Waals surface area contributed by atoms with E-state index < -0.39 is 0 Å². The van der Waals surface area contributed by atoms with E-state index in [4.69, 9.17) is 23.2 Å². The summed E-state index contributed by atoms with van der Waals surface area (Å²) in [5, 5.41) is 0.587. The maximum atomic E-state index is 6.22. The molecule has 0 spiro atoms. The van der Waals surface area contributed by atoms with Crippen molar-refractivity contribution >= 4 is 38.2 Å². The molecule has 2 fully saturated rings. The molecule has 0 aromatic rings. The van der Waals surface area contributed by atoms with Crippen molar-refractivity contribution in [2.24, 2.45) is 0 Å². The second kappa shape index (κ2) is 3.46. The summed E-state index contributed by atoms with van der Waals surface area (Å²) < 4.78 is 0. The number of hydrogen-bond acceptors (Lipinski definition) is 0. The van der Waals surface area contributed by atoms with Crippen LogP contribution in [0, 0.1) is 0 Å². The maximum absolute atomic E-state index is 6.22. The first-order valence-corrected chi connectivity index (χ1v) is 7.08. The van der Waals surface area contributed by atoms with Gasteiger partial charge in [0.25, 0.3) is 0 Å². The topological polar surface area (TPSA) is 0 Å². The van der Waals surface area contributed by atoms with Crippen LogP contribution in [0.3, 0.4) is 0 Å². The molecule has 0 amide bonds. The monoisotopic (exact) mass is 258 g/mol. The van der Waals surface area contributed by atoms with Crippen LogP contribution >= 0.6 is 23.2 Å². The second-order valence-electron chi connectivity index (χ2n) is 3.39. The van der Waals surface area contributed by atoms with E-state index in [1.165, 1.54) is 25.7 Å². The van der Waals surface area contributed by atoms with Crippen molar-refractivity contribution in [3.63, 3.8) is 0 Å². The first-order chi connectivity index (χ1) is 5.29. The number of halogens is 2. The predicted molar refractivity (Wildman–Crippen MR) is 51.0 cm³/mol. The van der Waals surface area contributed by atoms with Crippen LogP contribution in [0.15, 0.2) is 0 Å². The van der Waals surface area contributed by atoms with E-state index >= 15 is 0 Å². The Morgan fingerprint density at radius 2 is 1.36 bits per heavy atom. The molecule has 11 heavy (non-hydrogen) atoms. The molecule has 0 nitrogen and oxygen atoms in total. The van der Waals surface area contributed by atoms with Crippen LogP contribution in [0.4, 0.5) is 0 Å². The first kappa shape index (κ1) is 8.69. The zero-order valence-electron chi connectivity index (χ0n) is 6.30. The van der Waals surface area contributed by atoms with Gasteiger partial charge in [-0.15, -0.1) is 0 Å². The van der Waals surface area contributed by atoms with Gasteiger partial charge in [0.1, 0.15) is 0 Å². The number of rotatable bonds is 0. The van der Waals surface area contributed by atoms with Gasteiger partial charge in [0.15, 0.2) is 0 Å². The molecule has 0 saturated carbocycles. The van der Waals surface area contributed by atoms with E-state index in [9.17, 15) is 0 Å². The van der Waals surface area contributed by atoms with E-state index in [0.29, 0.717) is 10.8 Å². The van der Waals surface area contributed by atoms with Gasteiger partial charge in [-0.05, 0) is 0 Å². The SMILES string of the molecule is ClC1C2CCCCC([Se]2)C1Cl. The summed E-state index contributed by atoms with van der Waals surface area (Å²) in [4.78, 5) is 1.58. The molecule has 2 aliphatic rings. The van der Waals surface area contributed by atoms with Crippen LogP contribution in [-0.4, -0.2) is 25.7 Å². The number of fused-ring (bicyclic) bond motifs is 2. The van der Waals surface area contributed by atoms with Crippen molar-refractivity contribution in [1.29, 1.82) is 0 Å². The zero-order valence-corrected chi connectivity index (χ0v) is 9.53. The summed E-state index contributed by atoms with van der Waals surface area (Å²) >= 11 is 13.2. The number of hydrogen-bond donors (Lipinski definition) is 0. The summed E-state index contributed by atoms with van der Waals surface area (Å²) in [6.45, 7) is 0. The molecule has 2 heterocycles. The Labute approximate surface area is 84.2 Å². The summed E-state index contributed by atoms with van der Waals surface area (Å²) in [6.07, 6.45) is 5.45. The van der Waals surface area contributed by atoms with Crippen molar-refractivity contribution < 1.29 is 0 Å². The van der Waals surface area contributed by atoms with Crippen molar-refractivity contribution in [1.82, 2.24) is 0 Å². The molecule has 2 aliphatic heterocycles. The molecule has 4 unspecified atom stereocenters. The predicted octanol–water partition coefficient (Wildman–Crippen LogP) is 3.07. The molecule has 2 saturated heterocycles. The molecule has 0 N–H and O–H groups in total. The van der Waals surface area contributed by atoms with E-state index in [2.05, 4.69) is 0 Å². The van der Waals surface area contributed by atoms with Gasteiger partial charge < -0.3 is 0 Å². The zero-order chi connectivity index (χ0) is 7.84. The Morgan fingerprint density at radius 1 is 0.909 bits per heavy atom. The van der Waals surface area contributed by atoms with Gasteiger partial charge >= 0.3 is 84.2 Å². The van der Waals surface area contributed by atoms with Crippen molar-refractivity contribution in [2.75, 3.05) is 0 Å². The van der Waals surface area contributed by atoms with Crippen LogP contribution in [0.1, 0.15) is 25.7 Å². The summed E-state index contributed by atoms with van der Waals surface area (Å²) in [5.74, 6) is 0.